The first-order chi connectivity index (χ1) is 8.19. The molecule has 0 aliphatic heterocycles. The number of rotatable bonds is 4. The van der Waals surface area contributed by atoms with Crippen LogP contribution in [0.2, 0.25) is 0 Å². The summed E-state index contributed by atoms with van der Waals surface area (Å²) in [5.41, 5.74) is 8.03. The van der Waals surface area contributed by atoms with Crippen LogP contribution < -0.4 is 5.73 Å². The molecule has 0 fully saturated rings. The topological polar surface area (TPSA) is 64.9 Å². The Kier molecular flexibility index (Phi) is 3.54. The van der Waals surface area contributed by atoms with Crippen LogP contribution in [0.25, 0.3) is 11.4 Å². The molecule has 1 atom stereocenters. The third-order valence-electron chi connectivity index (χ3n) is 2.74. The zero-order valence-corrected chi connectivity index (χ0v) is 10.2. The number of benzene rings is 1. The molecule has 4 nitrogen and oxygen atoms in total. The standard InChI is InChI=1S/C13H17N3O/c1-3-11(14)8-12-15-13(16-17-12)10-6-4-9(2)5-7-10/h4-7,11H,3,8,14H2,1-2H3. The van der Waals surface area contributed by atoms with Crippen LogP contribution in [0.5, 0.6) is 0 Å². The lowest BCUT2D eigenvalue weighted by Gasteiger charge is -2.02. The van der Waals surface area contributed by atoms with Crippen LogP contribution in [-0.2, 0) is 6.42 Å². The second kappa shape index (κ2) is 5.10. The highest BCUT2D eigenvalue weighted by Crippen LogP contribution is 2.16. The van der Waals surface area contributed by atoms with Gasteiger partial charge in [-0.15, -0.1) is 0 Å². The highest BCUT2D eigenvalue weighted by atomic mass is 16.5. The largest absolute Gasteiger partial charge is 0.339 e. The molecule has 1 aromatic heterocycles. The molecule has 0 radical (unpaired) electrons. The molecule has 4 heteroatoms. The maximum absolute atomic E-state index is 5.85. The Labute approximate surface area is 101 Å². The fourth-order valence-corrected chi connectivity index (χ4v) is 1.53. The van der Waals surface area contributed by atoms with E-state index in [0.717, 1.165) is 12.0 Å². The molecule has 2 rings (SSSR count). The van der Waals surface area contributed by atoms with Gasteiger partial charge in [0.2, 0.25) is 11.7 Å². The van der Waals surface area contributed by atoms with Crippen molar-refractivity contribution in [2.75, 3.05) is 0 Å². The van der Waals surface area contributed by atoms with Crippen LogP contribution >= 0.6 is 0 Å². The molecular weight excluding hydrogens is 214 g/mol. The van der Waals surface area contributed by atoms with E-state index in [0.29, 0.717) is 18.1 Å². The summed E-state index contributed by atoms with van der Waals surface area (Å²) in [6.45, 7) is 4.09. The fourth-order valence-electron chi connectivity index (χ4n) is 1.53. The Bertz CT molecular complexity index is 476. The number of hydrogen-bond acceptors (Lipinski definition) is 4. The first-order valence-corrected chi connectivity index (χ1v) is 5.84. The van der Waals surface area contributed by atoms with Crippen molar-refractivity contribution in [2.45, 2.75) is 32.7 Å². The molecule has 90 valence electrons. The Morgan fingerprint density at radius 2 is 2.00 bits per heavy atom. The number of aromatic nitrogens is 2. The molecule has 0 aliphatic carbocycles. The van der Waals surface area contributed by atoms with E-state index in [1.165, 1.54) is 5.56 Å². The van der Waals surface area contributed by atoms with Gasteiger partial charge in [0.1, 0.15) is 0 Å². The molecular formula is C13H17N3O. The smallest absolute Gasteiger partial charge is 0.228 e. The maximum atomic E-state index is 5.85. The van der Waals surface area contributed by atoms with Gasteiger partial charge in [0.25, 0.3) is 0 Å². The van der Waals surface area contributed by atoms with Gasteiger partial charge in [0.15, 0.2) is 0 Å². The summed E-state index contributed by atoms with van der Waals surface area (Å²) < 4.78 is 5.18. The minimum absolute atomic E-state index is 0.0846. The molecule has 0 spiro atoms. The molecule has 0 bridgehead atoms. The van der Waals surface area contributed by atoms with E-state index in [1.54, 1.807) is 0 Å². The van der Waals surface area contributed by atoms with Crippen molar-refractivity contribution in [2.24, 2.45) is 5.73 Å². The van der Waals surface area contributed by atoms with E-state index >= 15 is 0 Å². The zero-order valence-electron chi connectivity index (χ0n) is 10.2. The predicted octanol–water partition coefficient (Wildman–Crippen LogP) is 2.32. The van der Waals surface area contributed by atoms with Crippen molar-refractivity contribution >= 4 is 0 Å². The Balaban J connectivity index is 2.15. The highest BCUT2D eigenvalue weighted by molar-refractivity contribution is 5.54. The SMILES string of the molecule is CCC(N)Cc1nc(-c2ccc(C)cc2)no1. The molecule has 0 amide bonds. The van der Waals surface area contributed by atoms with Crippen molar-refractivity contribution < 1.29 is 4.52 Å². The quantitative estimate of drug-likeness (QED) is 0.877. The number of aryl methyl sites for hydroxylation is 1. The Morgan fingerprint density at radius 3 is 2.65 bits per heavy atom. The monoisotopic (exact) mass is 231 g/mol. The lowest BCUT2D eigenvalue weighted by Crippen LogP contribution is -2.21. The number of nitrogens with two attached hydrogens (primary N) is 1. The van der Waals surface area contributed by atoms with Gasteiger partial charge in [-0.25, -0.2) is 0 Å². The predicted molar refractivity (Wildman–Crippen MR) is 66.4 cm³/mol. The molecule has 1 heterocycles. The molecule has 2 aromatic rings. The second-order valence-electron chi connectivity index (χ2n) is 4.25. The van der Waals surface area contributed by atoms with Gasteiger partial charge >= 0.3 is 0 Å². The number of hydrogen-bond donors (Lipinski definition) is 1. The number of nitrogens with zero attached hydrogens (tertiary/aromatic N) is 2. The van der Waals surface area contributed by atoms with E-state index in [1.807, 2.05) is 38.1 Å². The van der Waals surface area contributed by atoms with Crippen LogP contribution in [-0.4, -0.2) is 16.2 Å². The van der Waals surface area contributed by atoms with Crippen molar-refractivity contribution in [3.8, 4) is 11.4 Å². The summed E-state index contributed by atoms with van der Waals surface area (Å²) in [4.78, 5) is 4.34. The van der Waals surface area contributed by atoms with E-state index in [2.05, 4.69) is 10.1 Å². The maximum Gasteiger partial charge on any atom is 0.228 e. The van der Waals surface area contributed by atoms with Crippen LogP contribution in [0.15, 0.2) is 28.8 Å². The van der Waals surface area contributed by atoms with Gasteiger partial charge in [0, 0.05) is 18.0 Å². The zero-order chi connectivity index (χ0) is 12.3. The first-order valence-electron chi connectivity index (χ1n) is 5.84. The average molecular weight is 231 g/mol. The lowest BCUT2D eigenvalue weighted by atomic mass is 10.1. The molecule has 17 heavy (non-hydrogen) atoms. The van der Waals surface area contributed by atoms with E-state index in [-0.39, 0.29) is 6.04 Å². The third kappa shape index (κ3) is 2.91. The molecule has 0 aliphatic rings. The summed E-state index contributed by atoms with van der Waals surface area (Å²) >= 11 is 0. The average Bonchev–Trinajstić information content (AvgIpc) is 2.78. The van der Waals surface area contributed by atoms with E-state index in [4.69, 9.17) is 10.3 Å². The van der Waals surface area contributed by atoms with Crippen LogP contribution in [0.4, 0.5) is 0 Å². The molecule has 2 N–H and O–H groups in total. The van der Waals surface area contributed by atoms with Gasteiger partial charge in [-0.1, -0.05) is 41.9 Å². The summed E-state index contributed by atoms with van der Waals surface area (Å²) in [7, 11) is 0. The summed E-state index contributed by atoms with van der Waals surface area (Å²) in [6, 6.07) is 8.13. The molecule has 0 saturated carbocycles. The van der Waals surface area contributed by atoms with Gasteiger partial charge in [-0.05, 0) is 13.3 Å². The lowest BCUT2D eigenvalue weighted by molar-refractivity contribution is 0.368. The molecule has 1 aromatic carbocycles. The summed E-state index contributed by atoms with van der Waals surface area (Å²) in [5.74, 6) is 1.23. The molecule has 1 unspecified atom stereocenters. The minimum Gasteiger partial charge on any atom is -0.339 e. The van der Waals surface area contributed by atoms with Gasteiger partial charge in [0.05, 0.1) is 0 Å². The molecule has 0 saturated heterocycles. The van der Waals surface area contributed by atoms with Crippen molar-refractivity contribution in [3.63, 3.8) is 0 Å². The van der Waals surface area contributed by atoms with Crippen molar-refractivity contribution in [1.29, 1.82) is 0 Å². The second-order valence-corrected chi connectivity index (χ2v) is 4.25. The highest BCUT2D eigenvalue weighted by Gasteiger charge is 2.10. The van der Waals surface area contributed by atoms with E-state index in [9.17, 15) is 0 Å². The minimum atomic E-state index is 0.0846. The third-order valence-corrected chi connectivity index (χ3v) is 2.74. The Hall–Kier alpha value is -1.68. The van der Waals surface area contributed by atoms with Gasteiger partial charge in [-0.3, -0.25) is 0 Å². The van der Waals surface area contributed by atoms with Gasteiger partial charge in [-0.2, -0.15) is 4.98 Å². The van der Waals surface area contributed by atoms with Gasteiger partial charge < -0.3 is 10.3 Å². The van der Waals surface area contributed by atoms with E-state index < -0.39 is 0 Å². The van der Waals surface area contributed by atoms with Crippen LogP contribution in [0.1, 0.15) is 24.8 Å². The van der Waals surface area contributed by atoms with Crippen LogP contribution in [0, 0.1) is 6.92 Å². The normalized spacial score (nSPS) is 12.6. The summed E-state index contributed by atoms with van der Waals surface area (Å²) in [6.07, 6.45) is 1.54. The van der Waals surface area contributed by atoms with Crippen molar-refractivity contribution in [1.82, 2.24) is 10.1 Å². The van der Waals surface area contributed by atoms with Crippen molar-refractivity contribution in [3.05, 3.63) is 35.7 Å². The Morgan fingerprint density at radius 1 is 1.29 bits per heavy atom. The van der Waals surface area contributed by atoms with Crippen LogP contribution in [0.3, 0.4) is 0 Å². The first kappa shape index (κ1) is 11.8. The summed E-state index contributed by atoms with van der Waals surface area (Å²) in [5, 5.41) is 3.96. The fraction of sp³-hybridized carbons (Fsp3) is 0.385.